The third-order valence-electron chi connectivity index (χ3n) is 7.53. The molecule has 2 aliphatic rings. The van der Waals surface area contributed by atoms with Crippen LogP contribution in [0.25, 0.3) is 0 Å². The number of hydrogen-bond acceptors (Lipinski definition) is 6. The summed E-state index contributed by atoms with van der Waals surface area (Å²) < 4.78 is 11.5. The number of nitro groups is 1. The standard InChI is InChI=1S/C30H31N3O6/c1-20(2)16-27-30(14-15-32(27)29(35)39-18-21-8-4-3-5-9-21)24-13-12-23(17-25(24)31-28(30)34)38-19-22-10-6-7-11-26(22)33(36)37/h3-13,17,20,27H,14-16,18-19H2,1-2H3,(H,31,34)/t27-,30+/m0/s1. The molecule has 1 N–H and O–H groups in total. The number of carbonyl (C=O) groups is 2. The zero-order valence-corrected chi connectivity index (χ0v) is 22.0. The predicted octanol–water partition coefficient (Wildman–Crippen LogP) is 5.82. The van der Waals surface area contributed by atoms with E-state index < -0.39 is 16.4 Å². The van der Waals surface area contributed by atoms with Gasteiger partial charge in [0.05, 0.1) is 21.9 Å². The minimum absolute atomic E-state index is 0.00681. The number of carbonyl (C=O) groups excluding carboxylic acids is 2. The minimum Gasteiger partial charge on any atom is -0.489 e. The number of hydrogen-bond donors (Lipinski definition) is 1. The average molecular weight is 530 g/mol. The summed E-state index contributed by atoms with van der Waals surface area (Å²) in [5.74, 6) is 0.592. The summed E-state index contributed by atoms with van der Waals surface area (Å²) in [5, 5.41) is 14.3. The number of amides is 2. The molecule has 9 heteroatoms. The molecule has 1 fully saturated rings. The number of nitro benzene ring substituents is 1. The van der Waals surface area contributed by atoms with Crippen molar-refractivity contribution in [3.63, 3.8) is 0 Å². The third kappa shape index (κ3) is 5.04. The lowest BCUT2D eigenvalue weighted by atomic mass is 9.72. The lowest BCUT2D eigenvalue weighted by Crippen LogP contribution is -2.49. The van der Waals surface area contributed by atoms with Crippen LogP contribution >= 0.6 is 0 Å². The summed E-state index contributed by atoms with van der Waals surface area (Å²) in [4.78, 5) is 39.4. The molecule has 9 nitrogen and oxygen atoms in total. The van der Waals surface area contributed by atoms with Crippen LogP contribution in [0.1, 0.15) is 43.4 Å². The Labute approximate surface area is 226 Å². The van der Waals surface area contributed by atoms with E-state index in [1.807, 2.05) is 36.4 Å². The van der Waals surface area contributed by atoms with Gasteiger partial charge in [0.2, 0.25) is 5.91 Å². The van der Waals surface area contributed by atoms with Crippen LogP contribution in [0.4, 0.5) is 16.2 Å². The van der Waals surface area contributed by atoms with Crippen molar-refractivity contribution in [1.82, 2.24) is 4.90 Å². The van der Waals surface area contributed by atoms with Crippen LogP contribution in [-0.4, -0.2) is 34.4 Å². The molecule has 2 aliphatic heterocycles. The van der Waals surface area contributed by atoms with E-state index in [-0.39, 0.29) is 36.8 Å². The molecule has 0 aliphatic carbocycles. The van der Waals surface area contributed by atoms with Gasteiger partial charge in [0.1, 0.15) is 19.0 Å². The highest BCUT2D eigenvalue weighted by Crippen LogP contribution is 2.50. The Morgan fingerprint density at radius 3 is 2.59 bits per heavy atom. The zero-order chi connectivity index (χ0) is 27.6. The number of fused-ring (bicyclic) bond motifs is 2. The van der Waals surface area contributed by atoms with E-state index in [2.05, 4.69) is 19.2 Å². The first-order chi connectivity index (χ1) is 18.8. The highest BCUT2D eigenvalue weighted by atomic mass is 16.6. The molecule has 0 aromatic heterocycles. The van der Waals surface area contributed by atoms with Crippen molar-refractivity contribution >= 4 is 23.4 Å². The second kappa shape index (κ2) is 10.8. The SMILES string of the molecule is CC(C)C[C@@H]1N(C(=O)OCc2ccccc2)CC[C@]12C(=O)Nc1cc(OCc3ccccc3[N+](=O)[O-])ccc12. The number of para-hydroxylation sites is 1. The van der Waals surface area contributed by atoms with Crippen molar-refractivity contribution in [3.8, 4) is 5.75 Å². The van der Waals surface area contributed by atoms with Gasteiger partial charge in [0.25, 0.3) is 5.69 Å². The number of anilines is 1. The molecule has 2 atom stereocenters. The molecule has 3 aromatic rings. The number of benzene rings is 3. The van der Waals surface area contributed by atoms with Gasteiger partial charge in [-0.2, -0.15) is 0 Å². The quantitative estimate of drug-likeness (QED) is 0.291. The van der Waals surface area contributed by atoms with E-state index in [0.717, 1.165) is 11.1 Å². The molecule has 0 radical (unpaired) electrons. The van der Waals surface area contributed by atoms with Crippen molar-refractivity contribution in [2.75, 3.05) is 11.9 Å². The summed E-state index contributed by atoms with van der Waals surface area (Å²) in [6.45, 7) is 4.75. The maximum Gasteiger partial charge on any atom is 0.410 e. The topological polar surface area (TPSA) is 111 Å². The molecule has 1 saturated heterocycles. The van der Waals surface area contributed by atoms with Gasteiger partial charge in [-0.25, -0.2) is 4.79 Å². The van der Waals surface area contributed by atoms with Gasteiger partial charge in [0, 0.05) is 24.4 Å². The molecule has 39 heavy (non-hydrogen) atoms. The van der Waals surface area contributed by atoms with Gasteiger partial charge >= 0.3 is 6.09 Å². The highest BCUT2D eigenvalue weighted by molar-refractivity contribution is 6.07. The Hall–Kier alpha value is -4.40. The Morgan fingerprint density at radius 1 is 1.10 bits per heavy atom. The van der Waals surface area contributed by atoms with E-state index in [1.54, 1.807) is 35.2 Å². The third-order valence-corrected chi connectivity index (χ3v) is 7.53. The molecule has 2 heterocycles. The summed E-state index contributed by atoms with van der Waals surface area (Å²) in [7, 11) is 0. The summed E-state index contributed by atoms with van der Waals surface area (Å²) in [6.07, 6.45) is 0.704. The highest BCUT2D eigenvalue weighted by Gasteiger charge is 2.59. The molecule has 0 saturated carbocycles. The van der Waals surface area contributed by atoms with Crippen molar-refractivity contribution in [2.45, 2.75) is 51.4 Å². The number of nitrogens with one attached hydrogen (secondary N) is 1. The first-order valence-corrected chi connectivity index (χ1v) is 13.1. The van der Waals surface area contributed by atoms with Crippen LogP contribution in [0, 0.1) is 16.0 Å². The summed E-state index contributed by atoms with van der Waals surface area (Å²) in [6, 6.07) is 21.0. The van der Waals surface area contributed by atoms with Crippen LogP contribution in [0.15, 0.2) is 72.8 Å². The molecular formula is C30H31N3O6. The Balaban J connectivity index is 1.37. The van der Waals surface area contributed by atoms with Gasteiger partial charge < -0.3 is 19.7 Å². The summed E-state index contributed by atoms with van der Waals surface area (Å²) in [5.41, 5.74) is 1.93. The van der Waals surface area contributed by atoms with Crippen LogP contribution < -0.4 is 10.1 Å². The van der Waals surface area contributed by atoms with Crippen molar-refractivity contribution in [3.05, 3.63) is 99.6 Å². The van der Waals surface area contributed by atoms with Gasteiger partial charge in [-0.15, -0.1) is 0 Å². The molecule has 2 amide bonds. The lowest BCUT2D eigenvalue weighted by Gasteiger charge is -2.34. The molecule has 1 spiro atoms. The van der Waals surface area contributed by atoms with Gasteiger partial charge in [-0.1, -0.05) is 62.4 Å². The maximum atomic E-state index is 13.6. The molecule has 202 valence electrons. The second-order valence-corrected chi connectivity index (χ2v) is 10.4. The van der Waals surface area contributed by atoms with E-state index in [4.69, 9.17) is 9.47 Å². The van der Waals surface area contributed by atoms with Crippen molar-refractivity contribution < 1.29 is 24.0 Å². The van der Waals surface area contributed by atoms with Gasteiger partial charge in [0.15, 0.2) is 0 Å². The number of nitrogens with zero attached hydrogens (tertiary/aromatic N) is 2. The van der Waals surface area contributed by atoms with Gasteiger partial charge in [-0.05, 0) is 42.0 Å². The normalized spacial score (nSPS) is 19.7. The van der Waals surface area contributed by atoms with E-state index in [9.17, 15) is 19.7 Å². The van der Waals surface area contributed by atoms with E-state index >= 15 is 0 Å². The monoisotopic (exact) mass is 529 g/mol. The fourth-order valence-corrected chi connectivity index (χ4v) is 5.69. The van der Waals surface area contributed by atoms with Crippen molar-refractivity contribution in [2.24, 2.45) is 5.92 Å². The van der Waals surface area contributed by atoms with Gasteiger partial charge in [-0.3, -0.25) is 14.9 Å². The molecule has 0 bridgehead atoms. The van der Waals surface area contributed by atoms with E-state index in [0.29, 0.717) is 36.4 Å². The zero-order valence-electron chi connectivity index (χ0n) is 22.0. The van der Waals surface area contributed by atoms with E-state index in [1.165, 1.54) is 6.07 Å². The van der Waals surface area contributed by atoms with Crippen LogP contribution in [0.3, 0.4) is 0 Å². The predicted molar refractivity (Wildman–Crippen MR) is 145 cm³/mol. The van der Waals surface area contributed by atoms with Crippen molar-refractivity contribution in [1.29, 1.82) is 0 Å². The fraction of sp³-hybridized carbons (Fsp3) is 0.333. The molecule has 3 aromatic carbocycles. The average Bonchev–Trinajstić information content (AvgIpc) is 3.43. The number of ether oxygens (including phenoxy) is 2. The molecule has 5 rings (SSSR count). The Kier molecular flexibility index (Phi) is 7.24. The smallest absolute Gasteiger partial charge is 0.410 e. The molecular weight excluding hydrogens is 498 g/mol. The largest absolute Gasteiger partial charge is 0.489 e. The first kappa shape index (κ1) is 26.2. The van der Waals surface area contributed by atoms with Crippen LogP contribution in [-0.2, 0) is 28.2 Å². The Morgan fingerprint density at radius 2 is 1.85 bits per heavy atom. The number of likely N-dealkylation sites (tertiary alicyclic amines) is 1. The first-order valence-electron chi connectivity index (χ1n) is 13.1. The second-order valence-electron chi connectivity index (χ2n) is 10.4. The minimum atomic E-state index is -0.887. The molecule has 0 unspecified atom stereocenters. The lowest BCUT2D eigenvalue weighted by molar-refractivity contribution is -0.385. The maximum absolute atomic E-state index is 13.6. The summed E-state index contributed by atoms with van der Waals surface area (Å²) >= 11 is 0. The fourth-order valence-electron chi connectivity index (χ4n) is 5.69. The number of rotatable bonds is 8. The van der Waals surface area contributed by atoms with Crippen LogP contribution in [0.5, 0.6) is 5.75 Å². The van der Waals surface area contributed by atoms with Crippen LogP contribution in [0.2, 0.25) is 0 Å². The Bertz CT molecular complexity index is 1390.